The number of methoxy groups -OCH3 is 1. The van der Waals surface area contributed by atoms with E-state index in [4.69, 9.17) is 0 Å². The number of carbonyl (C=O) groups is 1. The molecule has 0 saturated heterocycles. The molecule has 3 nitrogen and oxygen atoms in total. The number of likely N-dealkylation sites (N-methyl/N-ethyl adjacent to an activating group) is 1. The van der Waals surface area contributed by atoms with E-state index in [9.17, 15) is 4.79 Å². The van der Waals surface area contributed by atoms with E-state index in [0.29, 0.717) is 0 Å². The fraction of sp³-hybridized carbons (Fsp3) is 0.286. The van der Waals surface area contributed by atoms with Crippen LogP contribution in [0.5, 0.6) is 0 Å². The molecule has 3 heteroatoms. The van der Waals surface area contributed by atoms with Crippen molar-refractivity contribution >= 4 is 11.7 Å². The van der Waals surface area contributed by atoms with E-state index in [0.717, 1.165) is 25.0 Å². The number of ether oxygens (including phenoxy) is 1. The summed E-state index contributed by atoms with van der Waals surface area (Å²) in [4.78, 5) is 13.6. The van der Waals surface area contributed by atoms with Crippen molar-refractivity contribution in [3.05, 3.63) is 65.2 Å². The van der Waals surface area contributed by atoms with Crippen molar-refractivity contribution in [2.45, 2.75) is 19.8 Å². The van der Waals surface area contributed by atoms with Gasteiger partial charge in [-0.15, -0.1) is 0 Å². The summed E-state index contributed by atoms with van der Waals surface area (Å²) < 4.78 is 4.66. The van der Waals surface area contributed by atoms with Crippen molar-refractivity contribution in [2.24, 2.45) is 0 Å². The van der Waals surface area contributed by atoms with Crippen LogP contribution in [0.1, 0.15) is 18.1 Å². The van der Waals surface area contributed by atoms with Crippen molar-refractivity contribution < 1.29 is 9.53 Å². The predicted molar refractivity (Wildman–Crippen MR) is 98.3 cm³/mol. The van der Waals surface area contributed by atoms with E-state index >= 15 is 0 Å². The van der Waals surface area contributed by atoms with Crippen LogP contribution < -0.4 is 4.90 Å². The molecule has 1 heterocycles. The Bertz CT molecular complexity index is 775. The average Bonchev–Trinajstić information content (AvgIpc) is 2.96. The molecule has 0 fully saturated rings. The monoisotopic (exact) mass is 321 g/mol. The molecule has 0 atom stereocenters. The van der Waals surface area contributed by atoms with Crippen LogP contribution in [-0.2, 0) is 22.4 Å². The van der Waals surface area contributed by atoms with Crippen LogP contribution in [0.4, 0.5) is 5.69 Å². The van der Waals surface area contributed by atoms with Gasteiger partial charge in [-0.25, -0.2) is 4.79 Å². The molecule has 0 amide bonds. The Morgan fingerprint density at radius 1 is 1.17 bits per heavy atom. The summed E-state index contributed by atoms with van der Waals surface area (Å²) in [5.41, 5.74) is 7.45. The Labute approximate surface area is 143 Å². The summed E-state index contributed by atoms with van der Waals surface area (Å²) in [5, 5.41) is 0. The highest BCUT2D eigenvalue weighted by Gasteiger charge is 2.15. The number of nitrogens with zero attached hydrogens (tertiary/aromatic N) is 1. The molecule has 0 radical (unpaired) electrons. The van der Waals surface area contributed by atoms with Crippen molar-refractivity contribution in [1.29, 1.82) is 0 Å². The Hall–Kier alpha value is -2.55. The topological polar surface area (TPSA) is 29.5 Å². The third-order valence-electron chi connectivity index (χ3n) is 4.54. The molecule has 2 aromatic carbocycles. The smallest absolute Gasteiger partial charge is 0.330 e. The Balaban J connectivity index is 1.75. The third kappa shape index (κ3) is 3.51. The Morgan fingerprint density at radius 3 is 2.58 bits per heavy atom. The second-order valence-electron chi connectivity index (χ2n) is 6.40. The van der Waals surface area contributed by atoms with Gasteiger partial charge >= 0.3 is 5.97 Å². The summed E-state index contributed by atoms with van der Waals surface area (Å²) in [7, 11) is 3.54. The fourth-order valence-electron chi connectivity index (χ4n) is 3.19. The van der Waals surface area contributed by atoms with Gasteiger partial charge in [0.25, 0.3) is 0 Å². The molecule has 3 rings (SSSR count). The lowest BCUT2D eigenvalue weighted by atomic mass is 9.99. The second-order valence-corrected chi connectivity index (χ2v) is 6.40. The fourth-order valence-corrected chi connectivity index (χ4v) is 3.19. The van der Waals surface area contributed by atoms with Crippen LogP contribution in [0.15, 0.2) is 54.1 Å². The lowest BCUT2D eigenvalue weighted by Crippen LogP contribution is -2.12. The number of hydrogen-bond donors (Lipinski definition) is 0. The molecule has 0 aliphatic carbocycles. The van der Waals surface area contributed by atoms with Crippen molar-refractivity contribution in [1.82, 2.24) is 0 Å². The maximum absolute atomic E-state index is 11.3. The van der Waals surface area contributed by atoms with E-state index in [-0.39, 0.29) is 5.97 Å². The van der Waals surface area contributed by atoms with E-state index in [1.54, 1.807) is 6.08 Å². The number of carbonyl (C=O) groups excluding carboxylic acids is 1. The normalized spacial score (nSPS) is 13.8. The summed E-state index contributed by atoms with van der Waals surface area (Å²) >= 11 is 0. The lowest BCUT2D eigenvalue weighted by Gasteiger charge is -2.12. The number of fused-ring (bicyclic) bond motifs is 1. The second kappa shape index (κ2) is 6.91. The Kier molecular flexibility index (Phi) is 4.70. The number of hydrogen-bond acceptors (Lipinski definition) is 3. The molecule has 0 bridgehead atoms. The van der Waals surface area contributed by atoms with Gasteiger partial charge in [0, 0.05) is 25.4 Å². The minimum Gasteiger partial charge on any atom is -0.466 e. The third-order valence-corrected chi connectivity index (χ3v) is 4.54. The lowest BCUT2D eigenvalue weighted by molar-refractivity contribution is -0.134. The minimum atomic E-state index is -0.299. The van der Waals surface area contributed by atoms with Crippen LogP contribution in [0.3, 0.4) is 0 Å². The SMILES string of the molecule is COC(=O)/C=C(\C)Cc1ccc(-c2ccc3c(c2)CCN3C)cc1. The molecule has 2 aromatic rings. The van der Waals surface area contributed by atoms with Gasteiger partial charge in [-0.3, -0.25) is 0 Å². The summed E-state index contributed by atoms with van der Waals surface area (Å²) in [5.74, 6) is -0.299. The standard InChI is InChI=1S/C21H23NO2/c1-15(13-21(23)24-3)12-16-4-6-17(7-5-16)18-8-9-20-19(14-18)10-11-22(20)2/h4-9,13-14H,10-12H2,1-3H3/b15-13+. The largest absolute Gasteiger partial charge is 0.466 e. The summed E-state index contributed by atoms with van der Waals surface area (Å²) in [6, 6.07) is 15.3. The molecule has 0 N–H and O–H groups in total. The molecule has 24 heavy (non-hydrogen) atoms. The maximum atomic E-state index is 11.3. The van der Waals surface area contributed by atoms with Gasteiger partial charge in [-0.1, -0.05) is 35.9 Å². The summed E-state index contributed by atoms with van der Waals surface area (Å²) in [6.07, 6.45) is 3.42. The van der Waals surface area contributed by atoms with Crippen LogP contribution in [0.2, 0.25) is 0 Å². The van der Waals surface area contributed by atoms with E-state index < -0.39 is 0 Å². The Morgan fingerprint density at radius 2 is 1.88 bits per heavy atom. The van der Waals surface area contributed by atoms with Gasteiger partial charge in [0.15, 0.2) is 0 Å². The van der Waals surface area contributed by atoms with E-state index in [2.05, 4.69) is 59.1 Å². The highest BCUT2D eigenvalue weighted by atomic mass is 16.5. The van der Waals surface area contributed by atoms with Crippen LogP contribution in [0, 0.1) is 0 Å². The summed E-state index contributed by atoms with van der Waals surface area (Å²) in [6.45, 7) is 3.05. The van der Waals surface area contributed by atoms with Crippen molar-refractivity contribution in [3.8, 4) is 11.1 Å². The first kappa shape index (κ1) is 16.3. The highest BCUT2D eigenvalue weighted by molar-refractivity contribution is 5.82. The number of esters is 1. The van der Waals surface area contributed by atoms with Crippen LogP contribution in [-0.4, -0.2) is 26.7 Å². The van der Waals surface area contributed by atoms with Crippen LogP contribution >= 0.6 is 0 Å². The molecule has 0 spiro atoms. The molecule has 0 saturated carbocycles. The number of rotatable bonds is 4. The maximum Gasteiger partial charge on any atom is 0.330 e. The zero-order valence-electron chi connectivity index (χ0n) is 14.5. The average molecular weight is 321 g/mol. The van der Waals surface area contributed by atoms with E-state index in [1.807, 2.05) is 6.92 Å². The van der Waals surface area contributed by atoms with Gasteiger partial charge < -0.3 is 9.64 Å². The minimum absolute atomic E-state index is 0.299. The van der Waals surface area contributed by atoms with Crippen molar-refractivity contribution in [3.63, 3.8) is 0 Å². The molecule has 1 aliphatic heterocycles. The quantitative estimate of drug-likeness (QED) is 0.629. The molecule has 1 aliphatic rings. The molecular formula is C21H23NO2. The van der Waals surface area contributed by atoms with Gasteiger partial charge in [-0.05, 0) is 54.2 Å². The number of anilines is 1. The first-order valence-electron chi connectivity index (χ1n) is 8.25. The predicted octanol–water partition coefficient (Wildman–Crippen LogP) is 4.01. The molecule has 124 valence electrons. The van der Waals surface area contributed by atoms with Gasteiger partial charge in [-0.2, -0.15) is 0 Å². The molecule has 0 unspecified atom stereocenters. The molecular weight excluding hydrogens is 298 g/mol. The first-order valence-corrected chi connectivity index (χ1v) is 8.25. The zero-order chi connectivity index (χ0) is 17.1. The first-order chi connectivity index (χ1) is 11.6. The van der Waals surface area contributed by atoms with Crippen molar-refractivity contribution in [2.75, 3.05) is 25.6 Å². The van der Waals surface area contributed by atoms with Gasteiger partial charge in [0.05, 0.1) is 7.11 Å². The number of benzene rings is 2. The highest BCUT2D eigenvalue weighted by Crippen LogP contribution is 2.31. The van der Waals surface area contributed by atoms with E-state index in [1.165, 1.54) is 35.1 Å². The zero-order valence-corrected chi connectivity index (χ0v) is 14.5. The van der Waals surface area contributed by atoms with Gasteiger partial charge in [0.2, 0.25) is 0 Å². The van der Waals surface area contributed by atoms with Gasteiger partial charge in [0.1, 0.15) is 0 Å². The van der Waals surface area contributed by atoms with Crippen LogP contribution in [0.25, 0.3) is 11.1 Å². The number of allylic oxidation sites excluding steroid dienone is 1. The molecule has 0 aromatic heterocycles.